The normalized spacial score (nSPS) is 19.8. The van der Waals surface area contributed by atoms with Crippen LogP contribution in [-0.2, 0) is 4.79 Å². The molecule has 0 saturated heterocycles. The molecule has 3 N–H and O–H groups in total. The van der Waals surface area contributed by atoms with Crippen LogP contribution in [0.4, 0.5) is 0 Å². The number of nitrogens with one attached hydrogen (secondary N) is 1. The summed E-state index contributed by atoms with van der Waals surface area (Å²) in [6, 6.07) is 0.679. The largest absolute Gasteiger partial charge is 0.368 e. The lowest BCUT2D eigenvalue weighted by Gasteiger charge is -2.33. The van der Waals surface area contributed by atoms with Crippen LogP contribution >= 0.6 is 0 Å². The van der Waals surface area contributed by atoms with Crippen molar-refractivity contribution >= 4 is 5.91 Å². The van der Waals surface area contributed by atoms with Gasteiger partial charge in [-0.2, -0.15) is 0 Å². The zero-order valence-electron chi connectivity index (χ0n) is 10.8. The number of likely N-dealkylation sites (N-methyl/N-ethyl adjacent to an activating group) is 1. The van der Waals surface area contributed by atoms with E-state index in [1.165, 1.54) is 25.7 Å². The number of unbranched alkanes of at least 4 members (excludes halogenated alkanes) is 1. The quantitative estimate of drug-likeness (QED) is 0.642. The summed E-state index contributed by atoms with van der Waals surface area (Å²) < 4.78 is 0. The molecule has 1 aliphatic rings. The summed E-state index contributed by atoms with van der Waals surface area (Å²) in [6.45, 7) is 5.88. The molecular weight excluding hydrogens is 202 g/mol. The number of amides is 1. The van der Waals surface area contributed by atoms with Crippen molar-refractivity contribution in [3.05, 3.63) is 0 Å². The fourth-order valence-corrected chi connectivity index (χ4v) is 1.88. The molecule has 0 aliphatic heterocycles. The molecule has 4 heteroatoms. The Bertz CT molecular complexity index is 240. The van der Waals surface area contributed by atoms with Gasteiger partial charge in [-0.3, -0.25) is 9.69 Å². The van der Waals surface area contributed by atoms with Gasteiger partial charge in [-0.15, -0.1) is 0 Å². The SMILES string of the molecule is CCCCN(CC(C)(NC)C(N)=O)C1CC1. The molecule has 16 heavy (non-hydrogen) atoms. The summed E-state index contributed by atoms with van der Waals surface area (Å²) in [5, 5.41) is 3.05. The minimum atomic E-state index is -0.601. The van der Waals surface area contributed by atoms with E-state index in [9.17, 15) is 4.79 Å². The molecule has 1 saturated carbocycles. The first kappa shape index (κ1) is 13.5. The van der Waals surface area contributed by atoms with Crippen molar-refractivity contribution < 1.29 is 4.79 Å². The van der Waals surface area contributed by atoms with Gasteiger partial charge in [-0.25, -0.2) is 0 Å². The summed E-state index contributed by atoms with van der Waals surface area (Å²) in [6.07, 6.45) is 4.91. The molecule has 0 heterocycles. The summed E-state index contributed by atoms with van der Waals surface area (Å²) in [7, 11) is 1.80. The van der Waals surface area contributed by atoms with E-state index in [1.807, 2.05) is 6.92 Å². The lowest BCUT2D eigenvalue weighted by atomic mass is 10.0. The number of hydrogen-bond acceptors (Lipinski definition) is 3. The number of rotatable bonds is 8. The van der Waals surface area contributed by atoms with E-state index in [2.05, 4.69) is 17.1 Å². The van der Waals surface area contributed by atoms with E-state index < -0.39 is 5.54 Å². The predicted octanol–water partition coefficient (Wildman–Crippen LogP) is 0.714. The molecule has 4 nitrogen and oxygen atoms in total. The Kier molecular flexibility index (Phi) is 4.74. The molecule has 1 rings (SSSR count). The van der Waals surface area contributed by atoms with Gasteiger partial charge in [-0.1, -0.05) is 13.3 Å². The molecule has 1 fully saturated rings. The molecule has 1 atom stereocenters. The highest BCUT2D eigenvalue weighted by molar-refractivity contribution is 5.84. The van der Waals surface area contributed by atoms with Crippen LogP contribution in [0.3, 0.4) is 0 Å². The van der Waals surface area contributed by atoms with Crippen LogP contribution in [-0.4, -0.2) is 42.5 Å². The summed E-state index contributed by atoms with van der Waals surface area (Å²) in [4.78, 5) is 13.8. The van der Waals surface area contributed by atoms with Crippen molar-refractivity contribution in [2.45, 2.75) is 51.1 Å². The molecule has 94 valence electrons. The second kappa shape index (κ2) is 5.64. The van der Waals surface area contributed by atoms with Gasteiger partial charge in [-0.05, 0) is 39.8 Å². The topological polar surface area (TPSA) is 58.4 Å². The zero-order chi connectivity index (χ0) is 12.2. The number of nitrogens with zero attached hydrogens (tertiary/aromatic N) is 1. The molecule has 1 aliphatic carbocycles. The summed E-state index contributed by atoms with van der Waals surface area (Å²) >= 11 is 0. The number of primary amides is 1. The van der Waals surface area contributed by atoms with E-state index in [4.69, 9.17) is 5.73 Å². The highest BCUT2D eigenvalue weighted by Crippen LogP contribution is 2.28. The zero-order valence-corrected chi connectivity index (χ0v) is 10.8. The fraction of sp³-hybridized carbons (Fsp3) is 0.917. The van der Waals surface area contributed by atoms with Gasteiger partial charge >= 0.3 is 0 Å². The van der Waals surface area contributed by atoms with E-state index in [1.54, 1.807) is 7.05 Å². The van der Waals surface area contributed by atoms with Crippen molar-refractivity contribution in [3.8, 4) is 0 Å². The number of carbonyl (C=O) groups is 1. The first-order valence-electron chi connectivity index (χ1n) is 6.26. The van der Waals surface area contributed by atoms with Crippen LogP contribution in [0.25, 0.3) is 0 Å². The van der Waals surface area contributed by atoms with Gasteiger partial charge in [0.2, 0.25) is 5.91 Å². The van der Waals surface area contributed by atoms with Gasteiger partial charge in [0, 0.05) is 12.6 Å². The lowest BCUT2D eigenvalue weighted by Crippen LogP contribution is -2.58. The van der Waals surface area contributed by atoms with Crippen molar-refractivity contribution in [3.63, 3.8) is 0 Å². The van der Waals surface area contributed by atoms with Gasteiger partial charge in [0.1, 0.15) is 5.54 Å². The minimum Gasteiger partial charge on any atom is -0.368 e. The van der Waals surface area contributed by atoms with Gasteiger partial charge in [0.15, 0.2) is 0 Å². The van der Waals surface area contributed by atoms with Crippen LogP contribution in [0.2, 0.25) is 0 Å². The number of hydrogen-bond donors (Lipinski definition) is 2. The van der Waals surface area contributed by atoms with Gasteiger partial charge < -0.3 is 11.1 Å². The maximum atomic E-state index is 11.4. The second-order valence-electron chi connectivity index (χ2n) is 5.00. The monoisotopic (exact) mass is 227 g/mol. The van der Waals surface area contributed by atoms with Crippen molar-refractivity contribution in [1.82, 2.24) is 10.2 Å². The van der Waals surface area contributed by atoms with Crippen molar-refractivity contribution in [2.24, 2.45) is 5.73 Å². The summed E-state index contributed by atoms with van der Waals surface area (Å²) in [5.41, 5.74) is 4.85. The molecule has 0 radical (unpaired) electrons. The van der Waals surface area contributed by atoms with Crippen LogP contribution in [0.5, 0.6) is 0 Å². The van der Waals surface area contributed by atoms with Crippen molar-refractivity contribution in [2.75, 3.05) is 20.1 Å². The molecule has 0 aromatic rings. The Labute approximate surface area is 98.6 Å². The standard InChI is InChI=1S/C12H25N3O/c1-4-5-8-15(10-6-7-10)9-12(2,14-3)11(13)16/h10,14H,4-9H2,1-3H3,(H2,13,16). The smallest absolute Gasteiger partial charge is 0.238 e. The maximum Gasteiger partial charge on any atom is 0.238 e. The van der Waals surface area contributed by atoms with E-state index in [0.717, 1.165) is 13.1 Å². The average molecular weight is 227 g/mol. The third-order valence-corrected chi connectivity index (χ3v) is 3.48. The molecule has 0 spiro atoms. The predicted molar refractivity (Wildman–Crippen MR) is 66.2 cm³/mol. The first-order valence-corrected chi connectivity index (χ1v) is 6.26. The number of carbonyl (C=O) groups excluding carboxylic acids is 1. The third kappa shape index (κ3) is 3.46. The Balaban J connectivity index is 2.54. The first-order chi connectivity index (χ1) is 7.53. The highest BCUT2D eigenvalue weighted by Gasteiger charge is 2.37. The highest BCUT2D eigenvalue weighted by atomic mass is 16.1. The molecule has 1 unspecified atom stereocenters. The molecule has 0 bridgehead atoms. The van der Waals surface area contributed by atoms with E-state index in [0.29, 0.717) is 6.04 Å². The Morgan fingerprint density at radius 3 is 2.56 bits per heavy atom. The third-order valence-electron chi connectivity index (χ3n) is 3.48. The second-order valence-corrected chi connectivity index (χ2v) is 5.00. The average Bonchev–Trinajstić information content (AvgIpc) is 3.07. The molecule has 0 aromatic carbocycles. The fourth-order valence-electron chi connectivity index (χ4n) is 1.88. The minimum absolute atomic E-state index is 0.267. The van der Waals surface area contributed by atoms with Crippen LogP contribution in [0, 0.1) is 0 Å². The molecular formula is C12H25N3O. The Morgan fingerprint density at radius 2 is 2.19 bits per heavy atom. The Morgan fingerprint density at radius 1 is 1.56 bits per heavy atom. The Hall–Kier alpha value is -0.610. The number of nitrogens with two attached hydrogens (primary N) is 1. The van der Waals surface area contributed by atoms with Gasteiger partial charge in [0.05, 0.1) is 0 Å². The molecule has 0 aromatic heterocycles. The van der Waals surface area contributed by atoms with Crippen LogP contribution in [0.1, 0.15) is 39.5 Å². The van der Waals surface area contributed by atoms with E-state index >= 15 is 0 Å². The lowest BCUT2D eigenvalue weighted by molar-refractivity contribution is -0.124. The van der Waals surface area contributed by atoms with Crippen LogP contribution in [0.15, 0.2) is 0 Å². The van der Waals surface area contributed by atoms with Gasteiger partial charge in [0.25, 0.3) is 0 Å². The maximum absolute atomic E-state index is 11.4. The summed E-state index contributed by atoms with van der Waals surface area (Å²) in [5.74, 6) is -0.267. The molecule has 1 amide bonds. The van der Waals surface area contributed by atoms with Crippen molar-refractivity contribution in [1.29, 1.82) is 0 Å². The van der Waals surface area contributed by atoms with E-state index in [-0.39, 0.29) is 5.91 Å². The van der Waals surface area contributed by atoms with Crippen LogP contribution < -0.4 is 11.1 Å².